The minimum absolute atomic E-state index is 0.194. The molecule has 0 radical (unpaired) electrons. The van der Waals surface area contributed by atoms with E-state index in [0.717, 1.165) is 15.2 Å². The summed E-state index contributed by atoms with van der Waals surface area (Å²) in [7, 11) is 0. The van der Waals surface area contributed by atoms with Crippen LogP contribution >= 0.6 is 15.9 Å². The van der Waals surface area contributed by atoms with Gasteiger partial charge in [0.25, 0.3) is 0 Å². The Bertz CT molecular complexity index is 475. The van der Waals surface area contributed by atoms with Gasteiger partial charge in [0.15, 0.2) is 0 Å². The van der Waals surface area contributed by atoms with E-state index in [1.807, 2.05) is 30.3 Å². The van der Waals surface area contributed by atoms with Crippen LogP contribution in [0.3, 0.4) is 0 Å². The normalized spacial score (nSPS) is 11.2. The zero-order valence-corrected chi connectivity index (χ0v) is 9.47. The molecule has 2 rings (SSSR count). The first-order valence-corrected chi connectivity index (χ1v) is 5.42. The SMILES string of the molecule is FC(F)Cc1cccc2cccc(Br)c12. The molecule has 0 saturated carbocycles. The van der Waals surface area contributed by atoms with E-state index in [0.29, 0.717) is 5.56 Å². The van der Waals surface area contributed by atoms with E-state index in [1.165, 1.54) is 0 Å². The zero-order valence-electron chi connectivity index (χ0n) is 7.88. The molecule has 0 spiro atoms. The van der Waals surface area contributed by atoms with Crippen molar-refractivity contribution in [2.24, 2.45) is 0 Å². The Kier molecular flexibility index (Phi) is 3.00. The summed E-state index contributed by atoms with van der Waals surface area (Å²) < 4.78 is 25.6. The van der Waals surface area contributed by atoms with Crippen molar-refractivity contribution in [1.82, 2.24) is 0 Å². The molecule has 0 fully saturated rings. The van der Waals surface area contributed by atoms with Crippen molar-refractivity contribution in [2.75, 3.05) is 0 Å². The minimum atomic E-state index is -2.30. The quantitative estimate of drug-likeness (QED) is 0.759. The number of rotatable bonds is 2. The maximum absolute atomic E-state index is 12.4. The lowest BCUT2D eigenvalue weighted by Gasteiger charge is -2.07. The molecular weight excluding hydrogens is 262 g/mol. The van der Waals surface area contributed by atoms with Gasteiger partial charge in [-0.2, -0.15) is 0 Å². The Labute approximate surface area is 95.0 Å². The monoisotopic (exact) mass is 270 g/mol. The van der Waals surface area contributed by atoms with Crippen molar-refractivity contribution in [3.8, 4) is 0 Å². The standard InChI is InChI=1S/C12H9BrF2/c13-10-6-2-4-8-3-1-5-9(12(8)10)7-11(14)15/h1-6,11H,7H2. The zero-order chi connectivity index (χ0) is 10.8. The molecule has 0 aromatic heterocycles. The molecule has 0 aliphatic rings. The van der Waals surface area contributed by atoms with Crippen LogP contribution in [0.4, 0.5) is 8.78 Å². The summed E-state index contributed by atoms with van der Waals surface area (Å²) in [5.74, 6) is 0. The molecule has 2 aromatic rings. The first-order chi connectivity index (χ1) is 7.18. The second-order valence-electron chi connectivity index (χ2n) is 3.35. The number of alkyl halides is 2. The van der Waals surface area contributed by atoms with Crippen molar-refractivity contribution in [3.63, 3.8) is 0 Å². The molecule has 0 aliphatic heterocycles. The molecule has 15 heavy (non-hydrogen) atoms. The molecule has 0 saturated heterocycles. The van der Waals surface area contributed by atoms with E-state index < -0.39 is 6.43 Å². The summed E-state index contributed by atoms with van der Waals surface area (Å²) >= 11 is 3.39. The smallest absolute Gasteiger partial charge is 0.210 e. The van der Waals surface area contributed by atoms with Crippen LogP contribution in [0.15, 0.2) is 40.9 Å². The summed E-state index contributed by atoms with van der Waals surface area (Å²) in [4.78, 5) is 0. The highest BCUT2D eigenvalue weighted by Crippen LogP contribution is 2.28. The summed E-state index contributed by atoms with van der Waals surface area (Å²) in [5, 5.41) is 1.88. The number of hydrogen-bond acceptors (Lipinski definition) is 0. The highest BCUT2D eigenvalue weighted by molar-refractivity contribution is 9.10. The van der Waals surface area contributed by atoms with Gasteiger partial charge in [-0.15, -0.1) is 0 Å². The van der Waals surface area contributed by atoms with Crippen LogP contribution in [-0.2, 0) is 6.42 Å². The Hall–Kier alpha value is -0.960. The molecule has 0 bridgehead atoms. The molecule has 0 amide bonds. The molecule has 0 unspecified atom stereocenters. The van der Waals surface area contributed by atoms with Gasteiger partial charge in [-0.3, -0.25) is 0 Å². The third kappa shape index (κ3) is 2.17. The van der Waals surface area contributed by atoms with Crippen molar-refractivity contribution in [3.05, 3.63) is 46.4 Å². The summed E-state index contributed by atoms with van der Waals surface area (Å²) in [6.45, 7) is 0. The van der Waals surface area contributed by atoms with Gasteiger partial charge < -0.3 is 0 Å². The average Bonchev–Trinajstić information content (AvgIpc) is 2.17. The highest BCUT2D eigenvalue weighted by Gasteiger charge is 2.09. The van der Waals surface area contributed by atoms with Gasteiger partial charge in [0, 0.05) is 10.9 Å². The number of halogens is 3. The lowest BCUT2D eigenvalue weighted by atomic mass is 10.0. The average molecular weight is 271 g/mol. The number of benzene rings is 2. The Balaban J connectivity index is 2.63. The van der Waals surface area contributed by atoms with Crippen LogP contribution < -0.4 is 0 Å². The van der Waals surface area contributed by atoms with E-state index in [4.69, 9.17) is 0 Å². The Morgan fingerprint density at radius 3 is 2.40 bits per heavy atom. The fraction of sp³-hybridized carbons (Fsp3) is 0.167. The second kappa shape index (κ2) is 4.27. The Morgan fingerprint density at radius 2 is 1.73 bits per heavy atom. The molecule has 78 valence electrons. The molecular formula is C12H9BrF2. The third-order valence-electron chi connectivity index (χ3n) is 2.31. The lowest BCUT2D eigenvalue weighted by molar-refractivity contribution is 0.149. The van der Waals surface area contributed by atoms with Crippen molar-refractivity contribution < 1.29 is 8.78 Å². The van der Waals surface area contributed by atoms with Crippen LogP contribution in [-0.4, -0.2) is 6.43 Å². The predicted octanol–water partition coefficient (Wildman–Crippen LogP) is 4.41. The Morgan fingerprint density at radius 1 is 1.07 bits per heavy atom. The first-order valence-electron chi connectivity index (χ1n) is 4.63. The van der Waals surface area contributed by atoms with Gasteiger partial charge in [-0.05, 0) is 22.4 Å². The molecule has 0 N–H and O–H groups in total. The second-order valence-corrected chi connectivity index (χ2v) is 4.20. The highest BCUT2D eigenvalue weighted by atomic mass is 79.9. The minimum Gasteiger partial charge on any atom is -0.210 e. The molecule has 2 aromatic carbocycles. The van der Waals surface area contributed by atoms with Crippen molar-refractivity contribution in [2.45, 2.75) is 12.8 Å². The van der Waals surface area contributed by atoms with Gasteiger partial charge in [-0.1, -0.05) is 46.3 Å². The third-order valence-corrected chi connectivity index (χ3v) is 2.98. The van der Waals surface area contributed by atoms with Gasteiger partial charge >= 0.3 is 0 Å². The van der Waals surface area contributed by atoms with Crippen LogP contribution in [0, 0.1) is 0 Å². The van der Waals surface area contributed by atoms with Crippen LogP contribution in [0.25, 0.3) is 10.8 Å². The van der Waals surface area contributed by atoms with Gasteiger partial charge in [-0.25, -0.2) is 8.78 Å². The largest absolute Gasteiger partial charge is 0.242 e. The molecule has 0 atom stereocenters. The summed E-state index contributed by atoms with van der Waals surface area (Å²) in [6, 6.07) is 11.2. The van der Waals surface area contributed by atoms with E-state index >= 15 is 0 Å². The van der Waals surface area contributed by atoms with E-state index in [2.05, 4.69) is 15.9 Å². The maximum Gasteiger partial charge on any atom is 0.242 e. The topological polar surface area (TPSA) is 0 Å². The van der Waals surface area contributed by atoms with Crippen LogP contribution in [0.1, 0.15) is 5.56 Å². The van der Waals surface area contributed by atoms with Crippen LogP contribution in [0.5, 0.6) is 0 Å². The summed E-state index contributed by atoms with van der Waals surface area (Å²) in [6.07, 6.45) is -2.50. The van der Waals surface area contributed by atoms with Crippen LogP contribution in [0.2, 0.25) is 0 Å². The summed E-state index contributed by atoms with van der Waals surface area (Å²) in [5.41, 5.74) is 0.690. The molecule has 0 nitrogen and oxygen atoms in total. The van der Waals surface area contributed by atoms with E-state index in [9.17, 15) is 8.78 Å². The lowest BCUT2D eigenvalue weighted by Crippen LogP contribution is -1.97. The predicted molar refractivity (Wildman–Crippen MR) is 61.4 cm³/mol. The number of hydrogen-bond donors (Lipinski definition) is 0. The fourth-order valence-corrected chi connectivity index (χ4v) is 2.34. The van der Waals surface area contributed by atoms with Crippen molar-refractivity contribution >= 4 is 26.7 Å². The van der Waals surface area contributed by atoms with Crippen molar-refractivity contribution in [1.29, 1.82) is 0 Å². The number of fused-ring (bicyclic) bond motifs is 1. The van der Waals surface area contributed by atoms with Gasteiger partial charge in [0.1, 0.15) is 0 Å². The molecule has 0 aliphatic carbocycles. The van der Waals surface area contributed by atoms with E-state index in [1.54, 1.807) is 6.07 Å². The van der Waals surface area contributed by atoms with Gasteiger partial charge in [0.2, 0.25) is 6.43 Å². The molecule has 3 heteroatoms. The van der Waals surface area contributed by atoms with Gasteiger partial charge in [0.05, 0.1) is 0 Å². The first kappa shape index (κ1) is 10.6. The molecule has 0 heterocycles. The fourth-order valence-electron chi connectivity index (χ4n) is 1.71. The van der Waals surface area contributed by atoms with E-state index in [-0.39, 0.29) is 6.42 Å². The maximum atomic E-state index is 12.4.